The second-order valence-electron chi connectivity index (χ2n) is 5.23. The van der Waals surface area contributed by atoms with Crippen molar-refractivity contribution in [3.8, 4) is 11.6 Å². The molecule has 0 fully saturated rings. The standard InChI is InChI=1S/C18H12ClN3O2/c19-11-6-8-12(9-7-11)20-18(23)13-3-1-4-14-16(13)22-17(21-14)15-5-2-10-24-15/h1-10H,(H,20,23)(H,21,22). The largest absolute Gasteiger partial charge is 0.461 e. The van der Waals surface area contributed by atoms with Crippen LogP contribution in [0.5, 0.6) is 0 Å². The normalized spacial score (nSPS) is 10.9. The molecule has 4 rings (SSSR count). The number of nitrogens with zero attached hydrogens (tertiary/aromatic N) is 1. The van der Waals surface area contributed by atoms with Crippen molar-refractivity contribution in [2.24, 2.45) is 0 Å². The van der Waals surface area contributed by atoms with Crippen LogP contribution in [-0.2, 0) is 0 Å². The third-order valence-electron chi connectivity index (χ3n) is 3.61. The van der Waals surface area contributed by atoms with Crippen molar-refractivity contribution >= 4 is 34.2 Å². The van der Waals surface area contributed by atoms with E-state index in [1.165, 1.54) is 0 Å². The summed E-state index contributed by atoms with van der Waals surface area (Å²) in [6, 6.07) is 16.0. The van der Waals surface area contributed by atoms with Crippen LogP contribution in [-0.4, -0.2) is 15.9 Å². The minimum atomic E-state index is -0.236. The average Bonchev–Trinajstić information content (AvgIpc) is 3.25. The Bertz CT molecular complexity index is 1000. The van der Waals surface area contributed by atoms with Crippen molar-refractivity contribution in [2.45, 2.75) is 0 Å². The molecule has 2 aromatic heterocycles. The van der Waals surface area contributed by atoms with Crippen LogP contribution in [0, 0.1) is 0 Å². The van der Waals surface area contributed by atoms with Gasteiger partial charge in [0.15, 0.2) is 11.6 Å². The third-order valence-corrected chi connectivity index (χ3v) is 3.87. The molecule has 0 saturated heterocycles. The van der Waals surface area contributed by atoms with E-state index in [9.17, 15) is 4.79 Å². The van der Waals surface area contributed by atoms with Gasteiger partial charge in [0, 0.05) is 10.7 Å². The summed E-state index contributed by atoms with van der Waals surface area (Å²) in [5.41, 5.74) is 2.51. The van der Waals surface area contributed by atoms with Crippen molar-refractivity contribution in [1.29, 1.82) is 0 Å². The number of furan rings is 1. The van der Waals surface area contributed by atoms with E-state index in [0.29, 0.717) is 33.4 Å². The fraction of sp³-hybridized carbons (Fsp3) is 0. The number of benzene rings is 2. The van der Waals surface area contributed by atoms with Crippen molar-refractivity contribution in [1.82, 2.24) is 9.97 Å². The number of aromatic nitrogens is 2. The zero-order valence-corrected chi connectivity index (χ0v) is 13.2. The maximum Gasteiger partial charge on any atom is 0.257 e. The molecular weight excluding hydrogens is 326 g/mol. The van der Waals surface area contributed by atoms with Crippen LogP contribution < -0.4 is 5.32 Å². The number of fused-ring (bicyclic) bond motifs is 1. The highest BCUT2D eigenvalue weighted by atomic mass is 35.5. The average molecular weight is 338 g/mol. The molecule has 0 atom stereocenters. The van der Waals surface area contributed by atoms with E-state index in [2.05, 4.69) is 15.3 Å². The number of hydrogen-bond donors (Lipinski definition) is 2. The Morgan fingerprint density at radius 3 is 2.67 bits per heavy atom. The Morgan fingerprint density at radius 1 is 1.08 bits per heavy atom. The number of nitrogens with one attached hydrogen (secondary N) is 2. The number of imidazole rings is 1. The minimum absolute atomic E-state index is 0.236. The van der Waals surface area contributed by atoms with Crippen LogP contribution in [0.15, 0.2) is 65.3 Å². The van der Waals surface area contributed by atoms with E-state index in [-0.39, 0.29) is 5.91 Å². The number of anilines is 1. The van der Waals surface area contributed by atoms with E-state index < -0.39 is 0 Å². The summed E-state index contributed by atoms with van der Waals surface area (Å²) in [6.45, 7) is 0. The molecule has 2 aromatic carbocycles. The molecule has 0 spiro atoms. The molecule has 1 amide bonds. The van der Waals surface area contributed by atoms with Crippen LogP contribution in [0.1, 0.15) is 10.4 Å². The molecule has 0 aliphatic carbocycles. The first-order chi connectivity index (χ1) is 11.7. The van der Waals surface area contributed by atoms with E-state index in [1.807, 2.05) is 18.2 Å². The first-order valence-corrected chi connectivity index (χ1v) is 7.68. The molecule has 2 N–H and O–H groups in total. The van der Waals surface area contributed by atoms with E-state index in [4.69, 9.17) is 16.0 Å². The van der Waals surface area contributed by atoms with Gasteiger partial charge < -0.3 is 14.7 Å². The van der Waals surface area contributed by atoms with Gasteiger partial charge in [-0.2, -0.15) is 0 Å². The van der Waals surface area contributed by atoms with E-state index in [1.54, 1.807) is 42.7 Å². The van der Waals surface area contributed by atoms with Crippen molar-refractivity contribution < 1.29 is 9.21 Å². The molecule has 0 aliphatic rings. The Hall–Kier alpha value is -3.05. The molecule has 0 aliphatic heterocycles. The van der Waals surface area contributed by atoms with Crippen molar-refractivity contribution in [2.75, 3.05) is 5.32 Å². The summed E-state index contributed by atoms with van der Waals surface area (Å²) >= 11 is 5.86. The summed E-state index contributed by atoms with van der Waals surface area (Å²) in [7, 11) is 0. The zero-order chi connectivity index (χ0) is 16.5. The molecule has 6 heteroatoms. The Labute approximate surface area is 142 Å². The SMILES string of the molecule is O=C(Nc1ccc(Cl)cc1)c1cccc2[nH]c(-c3ccco3)nc12. The van der Waals surface area contributed by atoms with Gasteiger partial charge in [0.25, 0.3) is 5.91 Å². The maximum absolute atomic E-state index is 12.6. The molecule has 2 heterocycles. The van der Waals surface area contributed by atoms with Crippen LogP contribution in [0.2, 0.25) is 5.02 Å². The number of para-hydroxylation sites is 1. The molecule has 24 heavy (non-hydrogen) atoms. The molecule has 0 radical (unpaired) electrons. The zero-order valence-electron chi connectivity index (χ0n) is 12.4. The second-order valence-corrected chi connectivity index (χ2v) is 5.66. The van der Waals surface area contributed by atoms with E-state index >= 15 is 0 Å². The summed E-state index contributed by atoms with van der Waals surface area (Å²) < 4.78 is 5.35. The first-order valence-electron chi connectivity index (χ1n) is 7.30. The number of H-pyrrole nitrogens is 1. The Balaban J connectivity index is 1.70. The number of halogens is 1. The number of hydrogen-bond acceptors (Lipinski definition) is 3. The molecule has 0 saturated carbocycles. The minimum Gasteiger partial charge on any atom is -0.461 e. The lowest BCUT2D eigenvalue weighted by atomic mass is 10.1. The van der Waals surface area contributed by atoms with Gasteiger partial charge in [-0.1, -0.05) is 17.7 Å². The lowest BCUT2D eigenvalue weighted by molar-refractivity contribution is 0.102. The van der Waals surface area contributed by atoms with Gasteiger partial charge in [0.2, 0.25) is 0 Å². The lowest BCUT2D eigenvalue weighted by Gasteiger charge is -2.05. The van der Waals surface area contributed by atoms with Gasteiger partial charge in [0.1, 0.15) is 5.52 Å². The second kappa shape index (κ2) is 5.86. The molecular formula is C18H12ClN3O2. The highest BCUT2D eigenvalue weighted by Crippen LogP contribution is 2.24. The van der Waals surface area contributed by atoms with Crippen LogP contribution in [0.4, 0.5) is 5.69 Å². The number of carbonyl (C=O) groups excluding carboxylic acids is 1. The van der Waals surface area contributed by atoms with Crippen LogP contribution >= 0.6 is 11.6 Å². The predicted molar refractivity (Wildman–Crippen MR) is 93.2 cm³/mol. The molecule has 118 valence electrons. The molecule has 0 bridgehead atoms. The quantitative estimate of drug-likeness (QED) is 0.567. The van der Waals surface area contributed by atoms with Gasteiger partial charge in [-0.05, 0) is 48.5 Å². The van der Waals surface area contributed by atoms with Crippen LogP contribution in [0.25, 0.3) is 22.6 Å². The van der Waals surface area contributed by atoms with Gasteiger partial charge in [-0.15, -0.1) is 0 Å². The summed E-state index contributed by atoms with van der Waals surface area (Å²) in [5.74, 6) is 0.970. The lowest BCUT2D eigenvalue weighted by Crippen LogP contribution is -2.12. The van der Waals surface area contributed by atoms with Crippen molar-refractivity contribution in [3.63, 3.8) is 0 Å². The summed E-state index contributed by atoms with van der Waals surface area (Å²) in [4.78, 5) is 20.3. The molecule has 5 nitrogen and oxygen atoms in total. The fourth-order valence-electron chi connectivity index (χ4n) is 2.48. The van der Waals surface area contributed by atoms with Crippen LogP contribution in [0.3, 0.4) is 0 Å². The number of aromatic amines is 1. The third kappa shape index (κ3) is 2.66. The van der Waals surface area contributed by atoms with Gasteiger partial charge in [-0.25, -0.2) is 4.98 Å². The number of amides is 1. The monoisotopic (exact) mass is 337 g/mol. The smallest absolute Gasteiger partial charge is 0.257 e. The Kier molecular flexibility index (Phi) is 3.55. The highest BCUT2D eigenvalue weighted by molar-refractivity contribution is 6.30. The maximum atomic E-state index is 12.6. The highest BCUT2D eigenvalue weighted by Gasteiger charge is 2.15. The number of carbonyl (C=O) groups is 1. The van der Waals surface area contributed by atoms with Gasteiger partial charge >= 0.3 is 0 Å². The van der Waals surface area contributed by atoms with E-state index in [0.717, 1.165) is 5.52 Å². The van der Waals surface area contributed by atoms with Crippen molar-refractivity contribution in [3.05, 3.63) is 71.4 Å². The summed E-state index contributed by atoms with van der Waals surface area (Å²) in [6.07, 6.45) is 1.58. The number of rotatable bonds is 3. The molecule has 4 aromatic rings. The first kappa shape index (κ1) is 14.5. The van der Waals surface area contributed by atoms with Gasteiger partial charge in [-0.3, -0.25) is 4.79 Å². The van der Waals surface area contributed by atoms with Gasteiger partial charge in [0.05, 0.1) is 17.3 Å². The molecule has 0 unspecified atom stereocenters. The topological polar surface area (TPSA) is 70.9 Å². The predicted octanol–water partition coefficient (Wildman–Crippen LogP) is 4.73. The summed E-state index contributed by atoms with van der Waals surface area (Å²) in [5, 5.41) is 3.46. The Morgan fingerprint density at radius 2 is 1.92 bits per heavy atom. The fourth-order valence-corrected chi connectivity index (χ4v) is 2.60.